The summed E-state index contributed by atoms with van der Waals surface area (Å²) in [6.07, 6.45) is 3.82. The van der Waals surface area contributed by atoms with Gasteiger partial charge >= 0.3 is 0 Å². The first-order valence-electron chi connectivity index (χ1n) is 7.24. The van der Waals surface area contributed by atoms with Crippen LogP contribution in [0.2, 0.25) is 0 Å². The van der Waals surface area contributed by atoms with Gasteiger partial charge in [-0.3, -0.25) is 0 Å². The predicted octanol–water partition coefficient (Wildman–Crippen LogP) is 3.18. The van der Waals surface area contributed by atoms with Gasteiger partial charge in [-0.2, -0.15) is 0 Å². The lowest BCUT2D eigenvalue weighted by atomic mass is 10.1. The second-order valence-corrected chi connectivity index (χ2v) is 5.10. The van der Waals surface area contributed by atoms with Gasteiger partial charge in [-0.05, 0) is 19.3 Å². The topological polar surface area (TPSA) is 41.0 Å². The second-order valence-electron chi connectivity index (χ2n) is 5.10. The molecule has 0 saturated carbocycles. The van der Waals surface area contributed by atoms with E-state index in [1.165, 1.54) is 19.3 Å². The molecule has 4 heteroatoms. The van der Waals surface area contributed by atoms with Crippen LogP contribution in [-0.4, -0.2) is 30.1 Å². The zero-order valence-corrected chi connectivity index (χ0v) is 11.8. The number of nitrogens with one attached hydrogen (secondary N) is 1. The summed E-state index contributed by atoms with van der Waals surface area (Å²) < 4.78 is 0. The molecule has 0 atom stereocenters. The molecule has 1 aliphatic heterocycles. The van der Waals surface area contributed by atoms with Crippen molar-refractivity contribution in [3.63, 3.8) is 0 Å². The van der Waals surface area contributed by atoms with E-state index in [2.05, 4.69) is 27.3 Å². The van der Waals surface area contributed by atoms with Crippen LogP contribution in [-0.2, 0) is 0 Å². The second kappa shape index (κ2) is 5.90. The van der Waals surface area contributed by atoms with E-state index in [4.69, 9.17) is 4.98 Å². The number of aromatic nitrogens is 2. The summed E-state index contributed by atoms with van der Waals surface area (Å²) >= 11 is 0. The van der Waals surface area contributed by atoms with Crippen LogP contribution in [0.5, 0.6) is 0 Å². The molecular formula is C16H20N4. The van der Waals surface area contributed by atoms with Crippen molar-refractivity contribution in [2.45, 2.75) is 19.3 Å². The maximum atomic E-state index is 4.75. The molecule has 0 radical (unpaired) electrons. The van der Waals surface area contributed by atoms with E-state index in [1.54, 1.807) is 0 Å². The third-order valence-corrected chi connectivity index (χ3v) is 3.68. The first-order valence-corrected chi connectivity index (χ1v) is 7.24. The average molecular weight is 268 g/mol. The van der Waals surface area contributed by atoms with Gasteiger partial charge in [0.1, 0.15) is 11.6 Å². The molecule has 1 N–H and O–H groups in total. The SMILES string of the molecule is CNc1cc(N2CCCCC2)nc(-c2ccccc2)n1. The Bertz CT molecular complexity index is 562. The van der Waals surface area contributed by atoms with Crippen molar-refractivity contribution in [2.75, 3.05) is 30.4 Å². The van der Waals surface area contributed by atoms with Crippen LogP contribution in [0.3, 0.4) is 0 Å². The van der Waals surface area contributed by atoms with Crippen LogP contribution in [0.25, 0.3) is 11.4 Å². The molecule has 0 amide bonds. The lowest BCUT2D eigenvalue weighted by Crippen LogP contribution is -2.30. The molecule has 1 aliphatic rings. The first kappa shape index (κ1) is 12.9. The Morgan fingerprint density at radius 3 is 2.45 bits per heavy atom. The summed E-state index contributed by atoms with van der Waals surface area (Å²) in [4.78, 5) is 11.7. The zero-order chi connectivity index (χ0) is 13.8. The third kappa shape index (κ3) is 2.74. The number of piperidine rings is 1. The van der Waals surface area contributed by atoms with Crippen molar-refractivity contribution in [1.29, 1.82) is 0 Å². The lowest BCUT2D eigenvalue weighted by Gasteiger charge is -2.28. The van der Waals surface area contributed by atoms with E-state index in [0.717, 1.165) is 36.1 Å². The molecule has 1 aromatic heterocycles. The van der Waals surface area contributed by atoms with Gasteiger partial charge in [0.05, 0.1) is 0 Å². The van der Waals surface area contributed by atoms with Gasteiger partial charge < -0.3 is 10.2 Å². The molecule has 2 heterocycles. The summed E-state index contributed by atoms with van der Waals surface area (Å²) in [7, 11) is 1.90. The molecule has 2 aromatic rings. The first-order chi connectivity index (χ1) is 9.86. The van der Waals surface area contributed by atoms with Crippen molar-refractivity contribution in [1.82, 2.24) is 9.97 Å². The molecule has 4 nitrogen and oxygen atoms in total. The van der Waals surface area contributed by atoms with E-state index in [-0.39, 0.29) is 0 Å². The van der Waals surface area contributed by atoms with E-state index in [9.17, 15) is 0 Å². The summed E-state index contributed by atoms with van der Waals surface area (Å²) in [5.74, 6) is 2.69. The number of benzene rings is 1. The molecule has 104 valence electrons. The van der Waals surface area contributed by atoms with Crippen molar-refractivity contribution >= 4 is 11.6 Å². The van der Waals surface area contributed by atoms with Crippen molar-refractivity contribution in [3.8, 4) is 11.4 Å². The zero-order valence-electron chi connectivity index (χ0n) is 11.8. The van der Waals surface area contributed by atoms with Gasteiger partial charge in [0.15, 0.2) is 5.82 Å². The molecule has 0 spiro atoms. The molecule has 1 saturated heterocycles. The maximum Gasteiger partial charge on any atom is 0.163 e. The van der Waals surface area contributed by atoms with Gasteiger partial charge in [-0.15, -0.1) is 0 Å². The van der Waals surface area contributed by atoms with Crippen LogP contribution >= 0.6 is 0 Å². The van der Waals surface area contributed by atoms with Gasteiger partial charge in [-0.1, -0.05) is 30.3 Å². The minimum atomic E-state index is 0.790. The molecule has 0 aliphatic carbocycles. The highest BCUT2D eigenvalue weighted by atomic mass is 15.2. The summed E-state index contributed by atoms with van der Waals surface area (Å²) in [5, 5.41) is 3.14. The molecule has 0 unspecified atom stereocenters. The third-order valence-electron chi connectivity index (χ3n) is 3.68. The Balaban J connectivity index is 1.98. The van der Waals surface area contributed by atoms with Gasteiger partial charge in [0.25, 0.3) is 0 Å². The number of nitrogens with zero attached hydrogens (tertiary/aromatic N) is 3. The highest BCUT2D eigenvalue weighted by molar-refractivity contribution is 5.61. The molecule has 20 heavy (non-hydrogen) atoms. The van der Waals surface area contributed by atoms with E-state index >= 15 is 0 Å². The molecule has 1 aromatic carbocycles. The fourth-order valence-corrected chi connectivity index (χ4v) is 2.56. The van der Waals surface area contributed by atoms with Crippen molar-refractivity contribution < 1.29 is 0 Å². The lowest BCUT2D eigenvalue weighted by molar-refractivity contribution is 0.573. The molecular weight excluding hydrogens is 248 g/mol. The van der Waals surface area contributed by atoms with Crippen LogP contribution < -0.4 is 10.2 Å². The fraction of sp³-hybridized carbons (Fsp3) is 0.375. The Kier molecular flexibility index (Phi) is 3.81. The van der Waals surface area contributed by atoms with Gasteiger partial charge in [0.2, 0.25) is 0 Å². The Morgan fingerprint density at radius 1 is 1.00 bits per heavy atom. The van der Waals surface area contributed by atoms with Gasteiger partial charge in [-0.25, -0.2) is 9.97 Å². The molecule has 3 rings (SSSR count). The molecule has 1 fully saturated rings. The number of hydrogen-bond acceptors (Lipinski definition) is 4. The number of hydrogen-bond donors (Lipinski definition) is 1. The number of anilines is 2. The summed E-state index contributed by atoms with van der Waals surface area (Å²) in [5.41, 5.74) is 1.06. The van der Waals surface area contributed by atoms with Crippen LogP contribution in [0.1, 0.15) is 19.3 Å². The minimum Gasteiger partial charge on any atom is -0.373 e. The normalized spacial score (nSPS) is 15.2. The van der Waals surface area contributed by atoms with E-state index < -0.39 is 0 Å². The Morgan fingerprint density at radius 2 is 1.75 bits per heavy atom. The van der Waals surface area contributed by atoms with E-state index in [1.807, 2.05) is 31.3 Å². The Hall–Kier alpha value is -2.10. The highest BCUT2D eigenvalue weighted by Crippen LogP contribution is 2.24. The van der Waals surface area contributed by atoms with Gasteiger partial charge in [0, 0.05) is 31.8 Å². The maximum absolute atomic E-state index is 4.75. The smallest absolute Gasteiger partial charge is 0.163 e. The fourth-order valence-electron chi connectivity index (χ4n) is 2.56. The summed E-state index contributed by atoms with van der Waals surface area (Å²) in [6, 6.07) is 12.2. The molecule has 0 bridgehead atoms. The van der Waals surface area contributed by atoms with Crippen LogP contribution in [0.15, 0.2) is 36.4 Å². The van der Waals surface area contributed by atoms with Crippen molar-refractivity contribution in [3.05, 3.63) is 36.4 Å². The van der Waals surface area contributed by atoms with Crippen molar-refractivity contribution in [2.24, 2.45) is 0 Å². The standard InChI is InChI=1S/C16H20N4/c1-17-14-12-15(20-10-6-3-7-11-20)19-16(18-14)13-8-4-2-5-9-13/h2,4-5,8-9,12H,3,6-7,10-11H2,1H3,(H,17,18,19). The predicted molar refractivity (Wildman–Crippen MR) is 83.1 cm³/mol. The monoisotopic (exact) mass is 268 g/mol. The average Bonchev–Trinajstić information content (AvgIpc) is 2.56. The summed E-state index contributed by atoms with van der Waals surface area (Å²) in [6.45, 7) is 2.18. The number of rotatable bonds is 3. The largest absolute Gasteiger partial charge is 0.373 e. The van der Waals surface area contributed by atoms with Crippen LogP contribution in [0.4, 0.5) is 11.6 Å². The van der Waals surface area contributed by atoms with Crippen LogP contribution in [0, 0.1) is 0 Å². The quantitative estimate of drug-likeness (QED) is 0.928. The highest BCUT2D eigenvalue weighted by Gasteiger charge is 2.14. The minimum absolute atomic E-state index is 0.790. The Labute approximate surface area is 119 Å². The van der Waals surface area contributed by atoms with E-state index in [0.29, 0.717) is 0 Å².